The minimum Gasteiger partial charge on any atom is -0.377 e. The Bertz CT molecular complexity index is 332. The van der Waals surface area contributed by atoms with Gasteiger partial charge in [-0.2, -0.15) is 0 Å². The first-order valence-corrected chi connectivity index (χ1v) is 5.37. The van der Waals surface area contributed by atoms with E-state index in [1.54, 1.807) is 7.11 Å². The zero-order valence-corrected chi connectivity index (χ0v) is 8.98. The lowest BCUT2D eigenvalue weighted by atomic mass is 10.1. The van der Waals surface area contributed by atoms with Gasteiger partial charge in [0.05, 0.1) is 0 Å². The van der Waals surface area contributed by atoms with Gasteiger partial charge < -0.3 is 4.74 Å². The van der Waals surface area contributed by atoms with Gasteiger partial charge in [0.2, 0.25) is 0 Å². The summed E-state index contributed by atoms with van der Waals surface area (Å²) < 4.78 is 4.82. The van der Waals surface area contributed by atoms with Crippen LogP contribution < -0.4 is 0 Å². The van der Waals surface area contributed by atoms with Gasteiger partial charge in [-0.15, -0.1) is 0 Å². The molecule has 2 heteroatoms. The standard InChI is InChI=1S/C13H16O2/c1-15-9-12(14)7-11-8-13(11)10-5-3-2-4-6-10/h2-6,11,13H,7-9H2,1H3/t11-,13+/m0/s1. The highest BCUT2D eigenvalue weighted by Crippen LogP contribution is 2.49. The fourth-order valence-corrected chi connectivity index (χ4v) is 2.09. The van der Waals surface area contributed by atoms with Crippen LogP contribution in [0.15, 0.2) is 30.3 Å². The minimum absolute atomic E-state index is 0.223. The van der Waals surface area contributed by atoms with Gasteiger partial charge in [0.25, 0.3) is 0 Å². The van der Waals surface area contributed by atoms with Crippen molar-refractivity contribution in [2.75, 3.05) is 13.7 Å². The van der Waals surface area contributed by atoms with E-state index in [9.17, 15) is 4.79 Å². The van der Waals surface area contributed by atoms with Crippen molar-refractivity contribution in [1.29, 1.82) is 0 Å². The summed E-state index contributed by atoms with van der Waals surface area (Å²) in [7, 11) is 1.57. The summed E-state index contributed by atoms with van der Waals surface area (Å²) in [5, 5.41) is 0. The second kappa shape index (κ2) is 4.58. The molecule has 0 aliphatic heterocycles. The number of ketones is 1. The summed E-state index contributed by atoms with van der Waals surface area (Å²) in [5.41, 5.74) is 1.37. The maximum atomic E-state index is 11.3. The molecule has 1 saturated carbocycles. The first-order valence-electron chi connectivity index (χ1n) is 5.37. The van der Waals surface area contributed by atoms with Gasteiger partial charge in [0.1, 0.15) is 6.61 Å². The van der Waals surface area contributed by atoms with Gasteiger partial charge in [-0.25, -0.2) is 0 Å². The monoisotopic (exact) mass is 204 g/mol. The SMILES string of the molecule is COCC(=O)C[C@H]1C[C@@H]1c1ccccc1. The fourth-order valence-electron chi connectivity index (χ4n) is 2.09. The van der Waals surface area contributed by atoms with Crippen molar-refractivity contribution in [1.82, 2.24) is 0 Å². The quantitative estimate of drug-likeness (QED) is 0.736. The summed E-state index contributed by atoms with van der Waals surface area (Å²) >= 11 is 0. The van der Waals surface area contributed by atoms with Crippen molar-refractivity contribution in [3.63, 3.8) is 0 Å². The molecule has 15 heavy (non-hydrogen) atoms. The van der Waals surface area contributed by atoms with Crippen molar-refractivity contribution in [3.8, 4) is 0 Å². The van der Waals surface area contributed by atoms with Gasteiger partial charge in [-0.05, 0) is 23.8 Å². The van der Waals surface area contributed by atoms with Crippen molar-refractivity contribution in [3.05, 3.63) is 35.9 Å². The number of hydrogen-bond donors (Lipinski definition) is 0. The van der Waals surface area contributed by atoms with Crippen LogP contribution in [0.5, 0.6) is 0 Å². The Labute approximate surface area is 90.3 Å². The molecule has 0 amide bonds. The highest BCUT2D eigenvalue weighted by atomic mass is 16.5. The highest BCUT2D eigenvalue weighted by Gasteiger charge is 2.39. The van der Waals surface area contributed by atoms with Gasteiger partial charge in [-0.3, -0.25) is 4.79 Å². The lowest BCUT2D eigenvalue weighted by Crippen LogP contribution is -2.07. The average molecular weight is 204 g/mol. The molecule has 0 bridgehead atoms. The molecule has 0 aromatic heterocycles. The van der Waals surface area contributed by atoms with Crippen molar-refractivity contribution < 1.29 is 9.53 Å². The number of benzene rings is 1. The molecule has 1 aromatic rings. The zero-order valence-electron chi connectivity index (χ0n) is 8.98. The Kier molecular flexibility index (Phi) is 3.17. The number of methoxy groups -OCH3 is 1. The van der Waals surface area contributed by atoms with Gasteiger partial charge in [-0.1, -0.05) is 30.3 Å². The van der Waals surface area contributed by atoms with Crippen molar-refractivity contribution in [2.24, 2.45) is 5.92 Å². The Morgan fingerprint density at radius 3 is 2.80 bits per heavy atom. The molecule has 1 aliphatic rings. The summed E-state index contributed by atoms with van der Waals surface area (Å²) in [6.07, 6.45) is 1.83. The van der Waals surface area contributed by atoms with Crippen LogP contribution in [-0.2, 0) is 9.53 Å². The number of carbonyl (C=O) groups excluding carboxylic acids is 1. The lowest BCUT2D eigenvalue weighted by molar-refractivity contribution is -0.123. The van der Waals surface area contributed by atoms with Crippen LogP contribution >= 0.6 is 0 Å². The predicted molar refractivity (Wildman–Crippen MR) is 58.8 cm³/mol. The molecular weight excluding hydrogens is 188 g/mol. The predicted octanol–water partition coefficient (Wildman–Crippen LogP) is 2.40. The molecule has 1 aliphatic carbocycles. The van der Waals surface area contributed by atoms with Crippen molar-refractivity contribution in [2.45, 2.75) is 18.8 Å². The van der Waals surface area contributed by atoms with E-state index in [-0.39, 0.29) is 12.4 Å². The third kappa shape index (κ3) is 2.66. The topological polar surface area (TPSA) is 26.3 Å². The van der Waals surface area contributed by atoms with E-state index in [1.807, 2.05) is 6.07 Å². The fraction of sp³-hybridized carbons (Fsp3) is 0.462. The average Bonchev–Trinajstić information content (AvgIpc) is 2.99. The van der Waals surface area contributed by atoms with Crippen LogP contribution in [-0.4, -0.2) is 19.5 Å². The summed E-state index contributed by atoms with van der Waals surface area (Å²) in [6.45, 7) is 0.262. The molecule has 0 heterocycles. The molecule has 1 fully saturated rings. The van der Waals surface area contributed by atoms with E-state index >= 15 is 0 Å². The van der Waals surface area contributed by atoms with Crippen LogP contribution in [0.3, 0.4) is 0 Å². The first-order chi connectivity index (χ1) is 7.31. The summed E-state index contributed by atoms with van der Waals surface area (Å²) in [4.78, 5) is 11.3. The van der Waals surface area contributed by atoms with Crippen LogP contribution in [0, 0.1) is 5.92 Å². The highest BCUT2D eigenvalue weighted by molar-refractivity contribution is 5.80. The lowest BCUT2D eigenvalue weighted by Gasteiger charge is -2.00. The third-order valence-corrected chi connectivity index (χ3v) is 2.95. The smallest absolute Gasteiger partial charge is 0.158 e. The Morgan fingerprint density at radius 2 is 2.13 bits per heavy atom. The molecule has 0 spiro atoms. The van der Waals surface area contributed by atoms with Crippen LogP contribution in [0.2, 0.25) is 0 Å². The van der Waals surface area contributed by atoms with E-state index < -0.39 is 0 Å². The maximum Gasteiger partial charge on any atom is 0.158 e. The zero-order chi connectivity index (χ0) is 10.7. The van der Waals surface area contributed by atoms with Crippen molar-refractivity contribution >= 4 is 5.78 Å². The summed E-state index contributed by atoms with van der Waals surface area (Å²) in [5.74, 6) is 1.38. The molecule has 0 unspecified atom stereocenters. The minimum atomic E-state index is 0.223. The third-order valence-electron chi connectivity index (χ3n) is 2.95. The molecule has 0 N–H and O–H groups in total. The molecule has 1 aromatic carbocycles. The number of ether oxygens (including phenoxy) is 1. The molecule has 2 atom stereocenters. The first kappa shape index (κ1) is 10.4. The molecule has 80 valence electrons. The normalized spacial score (nSPS) is 23.8. The Hall–Kier alpha value is -1.15. The second-order valence-electron chi connectivity index (χ2n) is 4.19. The van der Waals surface area contributed by atoms with E-state index in [0.717, 1.165) is 6.42 Å². The number of hydrogen-bond acceptors (Lipinski definition) is 2. The number of carbonyl (C=O) groups is 1. The Balaban J connectivity index is 1.84. The number of Topliss-reactive ketones (excluding diaryl/α,β-unsaturated/α-hetero) is 1. The van der Waals surface area contributed by atoms with Gasteiger partial charge >= 0.3 is 0 Å². The Morgan fingerprint density at radius 1 is 1.40 bits per heavy atom. The van der Waals surface area contributed by atoms with E-state index in [2.05, 4.69) is 24.3 Å². The van der Waals surface area contributed by atoms with Crippen LogP contribution in [0.1, 0.15) is 24.3 Å². The summed E-state index contributed by atoms with van der Waals surface area (Å²) in [6, 6.07) is 10.4. The van der Waals surface area contributed by atoms with Gasteiger partial charge in [0, 0.05) is 13.5 Å². The molecule has 2 rings (SSSR count). The molecular formula is C13H16O2. The second-order valence-corrected chi connectivity index (χ2v) is 4.19. The molecule has 0 saturated heterocycles. The van der Waals surface area contributed by atoms with E-state index in [1.165, 1.54) is 5.56 Å². The van der Waals surface area contributed by atoms with Gasteiger partial charge in [0.15, 0.2) is 5.78 Å². The van der Waals surface area contributed by atoms with E-state index in [0.29, 0.717) is 18.3 Å². The molecule has 2 nitrogen and oxygen atoms in total. The van der Waals surface area contributed by atoms with Crippen LogP contribution in [0.4, 0.5) is 0 Å². The molecule has 0 radical (unpaired) electrons. The largest absolute Gasteiger partial charge is 0.377 e. The van der Waals surface area contributed by atoms with Crippen LogP contribution in [0.25, 0.3) is 0 Å². The number of rotatable bonds is 5. The van der Waals surface area contributed by atoms with E-state index in [4.69, 9.17) is 4.74 Å². The maximum absolute atomic E-state index is 11.3.